The highest BCUT2D eigenvalue weighted by atomic mass is 35.5. The lowest BCUT2D eigenvalue weighted by Gasteiger charge is -2.31. The predicted molar refractivity (Wildman–Crippen MR) is 56.4 cm³/mol. The van der Waals surface area contributed by atoms with Crippen LogP contribution in [0.5, 0.6) is 0 Å². The molecule has 1 saturated heterocycles. The van der Waals surface area contributed by atoms with Crippen molar-refractivity contribution >= 4 is 41.1 Å². The Hall–Kier alpha value is 0.1000. The number of nitrogens with one attached hydrogen (secondary N) is 1. The summed E-state index contributed by atoms with van der Waals surface area (Å²) in [7, 11) is 0. The van der Waals surface area contributed by atoms with E-state index < -0.39 is 0 Å². The molecule has 2 heterocycles. The molecule has 72 valence electrons. The van der Waals surface area contributed by atoms with Crippen LogP contribution in [-0.4, -0.2) is 23.4 Å². The highest BCUT2D eigenvalue weighted by molar-refractivity contribution is 7.81. The van der Waals surface area contributed by atoms with Crippen molar-refractivity contribution in [3.63, 3.8) is 0 Å². The van der Waals surface area contributed by atoms with E-state index in [1.54, 1.807) is 0 Å². The van der Waals surface area contributed by atoms with E-state index in [1.807, 2.05) is 0 Å². The lowest BCUT2D eigenvalue weighted by Crippen LogP contribution is -2.36. The van der Waals surface area contributed by atoms with Gasteiger partial charge in [0.05, 0.1) is 12.6 Å². The highest BCUT2D eigenvalue weighted by Gasteiger charge is 2.31. The number of ether oxygens (including phenoxy) is 1. The van der Waals surface area contributed by atoms with Crippen LogP contribution in [0.2, 0.25) is 0 Å². The Bertz CT molecular complexity index is 292. The van der Waals surface area contributed by atoms with Crippen LogP contribution < -0.4 is 5.32 Å². The van der Waals surface area contributed by atoms with Gasteiger partial charge in [0.15, 0.2) is 5.29 Å². The first-order chi connectivity index (χ1) is 6.18. The smallest absolute Gasteiger partial charge is 0.197 e. The van der Waals surface area contributed by atoms with Gasteiger partial charge in [-0.3, -0.25) is 0 Å². The molecule has 0 unspecified atom stereocenters. The molecule has 13 heavy (non-hydrogen) atoms. The van der Waals surface area contributed by atoms with E-state index >= 15 is 0 Å². The molecule has 0 aromatic carbocycles. The van der Waals surface area contributed by atoms with Crippen LogP contribution in [-0.2, 0) is 4.74 Å². The van der Waals surface area contributed by atoms with Gasteiger partial charge < -0.3 is 10.1 Å². The molecule has 6 heteroatoms. The van der Waals surface area contributed by atoms with Gasteiger partial charge in [-0.2, -0.15) is 0 Å². The number of fused-ring (bicyclic) bond motifs is 1. The summed E-state index contributed by atoms with van der Waals surface area (Å²) in [4.78, 5) is 4.20. The molecule has 0 amide bonds. The lowest BCUT2D eigenvalue weighted by atomic mass is 10.0. The van der Waals surface area contributed by atoms with Gasteiger partial charge in [-0.25, -0.2) is 4.99 Å². The number of rotatable bonds is 0. The minimum absolute atomic E-state index is 0.0255. The fourth-order valence-corrected chi connectivity index (χ4v) is 2.48. The van der Waals surface area contributed by atoms with E-state index in [1.165, 1.54) is 0 Å². The number of amidine groups is 1. The van der Waals surface area contributed by atoms with Gasteiger partial charge in [-0.05, 0) is 18.0 Å². The van der Waals surface area contributed by atoms with E-state index in [2.05, 4.69) is 22.9 Å². The van der Waals surface area contributed by atoms with E-state index in [0.29, 0.717) is 17.1 Å². The maximum Gasteiger partial charge on any atom is 0.197 e. The second-order valence-electron chi connectivity index (χ2n) is 2.84. The summed E-state index contributed by atoms with van der Waals surface area (Å²) in [5.74, 6) is 0. The van der Waals surface area contributed by atoms with E-state index in [9.17, 15) is 0 Å². The molecule has 0 spiro atoms. The van der Waals surface area contributed by atoms with Gasteiger partial charge in [0.2, 0.25) is 0 Å². The fourth-order valence-electron chi connectivity index (χ4n) is 1.42. The van der Waals surface area contributed by atoms with Crippen molar-refractivity contribution in [2.45, 2.75) is 17.9 Å². The monoisotopic (exact) mass is 238 g/mol. The third-order valence-corrected chi connectivity index (χ3v) is 2.96. The maximum atomic E-state index is 5.95. The van der Waals surface area contributed by atoms with Crippen LogP contribution in [0.4, 0.5) is 0 Å². The van der Waals surface area contributed by atoms with Crippen molar-refractivity contribution in [3.05, 3.63) is 10.7 Å². The standard InChI is InChI=1S/C7H8Cl2N2OS/c8-5-4-3(10-7(9)11-5)1-2-12-6(4)13/h3,6,13H,1-2H2,(H,10,11)/t3-,6-/m1/s1. The first-order valence-corrected chi connectivity index (χ1v) is 5.15. The van der Waals surface area contributed by atoms with Crippen LogP contribution in [0.3, 0.4) is 0 Å². The van der Waals surface area contributed by atoms with Gasteiger partial charge in [0, 0.05) is 5.57 Å². The van der Waals surface area contributed by atoms with E-state index in [4.69, 9.17) is 27.9 Å². The van der Waals surface area contributed by atoms with Crippen molar-refractivity contribution in [2.24, 2.45) is 4.99 Å². The van der Waals surface area contributed by atoms with E-state index in [0.717, 1.165) is 12.0 Å². The number of hydrogen-bond acceptors (Lipinski definition) is 4. The summed E-state index contributed by atoms with van der Waals surface area (Å²) in [6, 6.07) is 0.0255. The third-order valence-electron chi connectivity index (χ3n) is 2.03. The molecule has 0 saturated carbocycles. The Balaban J connectivity index is 2.30. The Morgan fingerprint density at radius 1 is 1.54 bits per heavy atom. The summed E-state index contributed by atoms with van der Waals surface area (Å²) in [5.41, 5.74) is 0.605. The molecule has 3 nitrogen and oxygen atoms in total. The lowest BCUT2D eigenvalue weighted by molar-refractivity contribution is 0.100. The quantitative estimate of drug-likeness (QED) is 0.498. The van der Waals surface area contributed by atoms with Crippen molar-refractivity contribution < 1.29 is 4.74 Å². The van der Waals surface area contributed by atoms with Crippen LogP contribution in [0.15, 0.2) is 15.7 Å². The average molecular weight is 239 g/mol. The zero-order valence-corrected chi connectivity index (χ0v) is 9.03. The molecule has 2 atom stereocenters. The first kappa shape index (κ1) is 9.65. The van der Waals surface area contributed by atoms with Crippen LogP contribution in [0.25, 0.3) is 0 Å². The Morgan fingerprint density at radius 2 is 2.31 bits per heavy atom. The number of halogens is 2. The van der Waals surface area contributed by atoms with Gasteiger partial charge in [0.25, 0.3) is 0 Å². The molecule has 0 radical (unpaired) electrons. The molecule has 0 bridgehead atoms. The van der Waals surface area contributed by atoms with Crippen LogP contribution >= 0.6 is 35.8 Å². The molecule has 2 rings (SSSR count). The molecule has 2 aliphatic rings. The molecule has 0 aliphatic carbocycles. The van der Waals surface area contributed by atoms with Crippen molar-refractivity contribution in [3.8, 4) is 0 Å². The molecular formula is C7H8Cl2N2OS. The molecule has 0 aromatic heterocycles. The minimum atomic E-state index is -0.271. The second kappa shape index (κ2) is 3.69. The second-order valence-corrected chi connectivity index (χ2v) is 4.05. The number of aliphatic imine (C=N–C) groups is 1. The van der Waals surface area contributed by atoms with Gasteiger partial charge >= 0.3 is 0 Å². The Labute approximate surface area is 91.5 Å². The van der Waals surface area contributed by atoms with Gasteiger partial charge in [-0.15, -0.1) is 12.6 Å². The molecule has 2 aliphatic heterocycles. The first-order valence-electron chi connectivity index (χ1n) is 3.88. The summed E-state index contributed by atoms with van der Waals surface area (Å²) in [6.45, 7) is 0.639. The zero-order chi connectivity index (χ0) is 9.42. The highest BCUT2D eigenvalue weighted by Crippen LogP contribution is 2.31. The molecule has 1 fully saturated rings. The van der Waals surface area contributed by atoms with Crippen molar-refractivity contribution in [2.75, 3.05) is 6.61 Å². The maximum absolute atomic E-state index is 5.95. The normalized spacial score (nSPS) is 33.6. The van der Waals surface area contributed by atoms with Crippen LogP contribution in [0, 0.1) is 0 Å². The SMILES string of the molecule is S[C@H]1OCC[C@H]2N=C(Cl)NC(Cl)=C21. The largest absolute Gasteiger partial charge is 0.363 e. The number of thiol groups is 1. The molecule has 0 aromatic rings. The number of hydrogen-bond donors (Lipinski definition) is 2. The van der Waals surface area contributed by atoms with Gasteiger partial charge in [0.1, 0.15) is 10.6 Å². The minimum Gasteiger partial charge on any atom is -0.363 e. The summed E-state index contributed by atoms with van der Waals surface area (Å²) >= 11 is 15.9. The summed E-state index contributed by atoms with van der Waals surface area (Å²) < 4.78 is 5.32. The Kier molecular flexibility index (Phi) is 2.74. The average Bonchev–Trinajstić information content (AvgIpc) is 2.02. The van der Waals surface area contributed by atoms with E-state index in [-0.39, 0.29) is 11.5 Å². The third kappa shape index (κ3) is 1.81. The molecule has 1 N–H and O–H groups in total. The topological polar surface area (TPSA) is 33.6 Å². The fraction of sp³-hybridized carbons (Fsp3) is 0.571. The van der Waals surface area contributed by atoms with Crippen molar-refractivity contribution in [1.29, 1.82) is 0 Å². The van der Waals surface area contributed by atoms with Crippen molar-refractivity contribution in [1.82, 2.24) is 5.32 Å². The predicted octanol–water partition coefficient (Wildman–Crippen LogP) is 1.68. The van der Waals surface area contributed by atoms with Crippen LogP contribution in [0.1, 0.15) is 6.42 Å². The Morgan fingerprint density at radius 3 is 3.08 bits per heavy atom. The number of nitrogens with zero attached hydrogens (tertiary/aromatic N) is 1. The summed E-state index contributed by atoms with van der Waals surface area (Å²) in [6.07, 6.45) is 0.806. The molecular weight excluding hydrogens is 231 g/mol. The van der Waals surface area contributed by atoms with Gasteiger partial charge in [-0.1, -0.05) is 11.6 Å². The summed E-state index contributed by atoms with van der Waals surface area (Å²) in [5, 5.41) is 3.57. The zero-order valence-electron chi connectivity index (χ0n) is 6.63.